The number of hydrogen-bond donors (Lipinski definition) is 1. The van der Waals surface area contributed by atoms with Crippen LogP contribution in [0.15, 0.2) is 65.3 Å². The lowest BCUT2D eigenvalue weighted by Gasteiger charge is -2.04. The normalized spacial score (nSPS) is 11.1. The topological polar surface area (TPSA) is 64.7 Å². The summed E-state index contributed by atoms with van der Waals surface area (Å²) in [6.45, 7) is 5.23. The molecule has 0 fully saturated rings. The zero-order valence-electron chi connectivity index (χ0n) is 14.7. The fourth-order valence-corrected chi connectivity index (χ4v) is 2.57. The van der Waals surface area contributed by atoms with E-state index in [0.717, 1.165) is 34.5 Å². The van der Waals surface area contributed by atoms with E-state index in [-0.39, 0.29) is 5.76 Å². The lowest BCUT2D eigenvalue weighted by atomic mass is 10.2. The number of rotatable bonds is 10. The molecule has 0 bridgehead atoms. The zero-order valence-corrected chi connectivity index (χ0v) is 14.7. The van der Waals surface area contributed by atoms with Crippen molar-refractivity contribution in [3.05, 3.63) is 78.1 Å². The van der Waals surface area contributed by atoms with Crippen molar-refractivity contribution in [3.8, 4) is 0 Å². The fourth-order valence-electron chi connectivity index (χ4n) is 2.57. The summed E-state index contributed by atoms with van der Waals surface area (Å²) in [5.74, 6) is 1.70. The Balaban J connectivity index is 1.40. The Hall–Kier alpha value is -2.63. The molecule has 0 unspecified atom stereocenters. The second-order valence-corrected chi connectivity index (χ2v) is 6.08. The van der Waals surface area contributed by atoms with Gasteiger partial charge in [0.1, 0.15) is 24.7 Å². The third-order valence-electron chi connectivity index (χ3n) is 3.87. The summed E-state index contributed by atoms with van der Waals surface area (Å²) in [7, 11) is 0. The van der Waals surface area contributed by atoms with Crippen LogP contribution in [0, 0.1) is 0 Å². The Kier molecular flexibility index (Phi) is 6.41. The van der Waals surface area contributed by atoms with E-state index >= 15 is 0 Å². The number of nitrogens with zero attached hydrogens (tertiary/aromatic N) is 1. The van der Waals surface area contributed by atoms with Gasteiger partial charge in [-0.15, -0.1) is 0 Å². The lowest BCUT2D eigenvalue weighted by Crippen LogP contribution is -1.96. The number of pyridine rings is 1. The molecule has 0 amide bonds. The molecule has 3 aromatic rings. The number of fused-ring (bicyclic) bond motifs is 1. The molecule has 0 aliphatic heterocycles. The molecule has 2 heterocycles. The molecule has 1 N–H and O–H groups in total. The number of benzene rings is 1. The van der Waals surface area contributed by atoms with Crippen LogP contribution in [0.3, 0.4) is 0 Å². The molecule has 0 atom stereocenters. The Morgan fingerprint density at radius 1 is 0.962 bits per heavy atom. The minimum Gasteiger partial charge on any atom is -0.513 e. The summed E-state index contributed by atoms with van der Waals surface area (Å²) >= 11 is 0. The van der Waals surface area contributed by atoms with E-state index in [1.807, 2.05) is 42.5 Å². The Morgan fingerprint density at radius 2 is 1.73 bits per heavy atom. The van der Waals surface area contributed by atoms with Gasteiger partial charge in [-0.1, -0.05) is 30.8 Å². The number of furan rings is 1. The van der Waals surface area contributed by atoms with E-state index in [1.54, 1.807) is 0 Å². The minimum absolute atomic E-state index is 0.187. The molecule has 0 spiro atoms. The summed E-state index contributed by atoms with van der Waals surface area (Å²) in [5.41, 5.74) is 1.86. The van der Waals surface area contributed by atoms with Gasteiger partial charge in [0.2, 0.25) is 0 Å². The van der Waals surface area contributed by atoms with Crippen molar-refractivity contribution in [2.24, 2.45) is 0 Å². The summed E-state index contributed by atoms with van der Waals surface area (Å²) < 4.78 is 16.9. The number of aliphatic hydroxyl groups excluding tert-OH is 1. The average Bonchev–Trinajstić information content (AvgIpc) is 3.09. The van der Waals surface area contributed by atoms with Gasteiger partial charge < -0.3 is 19.0 Å². The van der Waals surface area contributed by atoms with Crippen LogP contribution in [0.2, 0.25) is 0 Å². The maximum absolute atomic E-state index is 9.00. The van der Waals surface area contributed by atoms with E-state index < -0.39 is 0 Å². The molecule has 1 aromatic carbocycles. The molecular formula is C21H23NO4. The van der Waals surface area contributed by atoms with Gasteiger partial charge in [0.25, 0.3) is 0 Å². The number of allylic oxidation sites excluding steroid dienone is 1. The van der Waals surface area contributed by atoms with E-state index in [2.05, 4.69) is 17.6 Å². The molecular weight excluding hydrogens is 330 g/mol. The number of aliphatic hydroxyl groups is 1. The van der Waals surface area contributed by atoms with Gasteiger partial charge in [-0.25, -0.2) is 0 Å². The molecule has 0 aliphatic rings. The van der Waals surface area contributed by atoms with Crippen LogP contribution in [-0.2, 0) is 29.3 Å². The van der Waals surface area contributed by atoms with Crippen LogP contribution < -0.4 is 0 Å². The van der Waals surface area contributed by atoms with Crippen LogP contribution in [0.1, 0.15) is 30.1 Å². The van der Waals surface area contributed by atoms with Gasteiger partial charge >= 0.3 is 0 Å². The largest absolute Gasteiger partial charge is 0.513 e. The maximum atomic E-state index is 9.00. The molecule has 3 rings (SSSR count). The van der Waals surface area contributed by atoms with Crippen LogP contribution in [0.5, 0.6) is 0 Å². The second kappa shape index (κ2) is 9.17. The molecule has 0 aliphatic carbocycles. The second-order valence-electron chi connectivity index (χ2n) is 6.08. The standard InChI is InChI=1S/C21H23NO4/c1-16(23)5-4-12-24-14-19-10-11-20(26-19)15-25-13-18-9-8-17-6-2-3-7-21(17)22-18/h2-3,6-11,23H,1,4-5,12-15H2. The van der Waals surface area contributed by atoms with Crippen molar-refractivity contribution in [3.63, 3.8) is 0 Å². The van der Waals surface area contributed by atoms with Crippen molar-refractivity contribution in [1.82, 2.24) is 4.98 Å². The van der Waals surface area contributed by atoms with Crippen molar-refractivity contribution >= 4 is 10.9 Å². The molecule has 0 saturated heterocycles. The van der Waals surface area contributed by atoms with E-state index in [0.29, 0.717) is 32.8 Å². The highest BCUT2D eigenvalue weighted by Gasteiger charge is 2.04. The van der Waals surface area contributed by atoms with E-state index in [9.17, 15) is 0 Å². The highest BCUT2D eigenvalue weighted by atomic mass is 16.5. The van der Waals surface area contributed by atoms with E-state index in [1.165, 1.54) is 0 Å². The lowest BCUT2D eigenvalue weighted by molar-refractivity contribution is 0.0797. The van der Waals surface area contributed by atoms with Crippen LogP contribution >= 0.6 is 0 Å². The SMILES string of the molecule is C=C(O)CCCOCc1ccc(COCc2ccc3ccccc3n2)o1. The van der Waals surface area contributed by atoms with Crippen LogP contribution in [0.4, 0.5) is 0 Å². The first-order valence-corrected chi connectivity index (χ1v) is 8.65. The summed E-state index contributed by atoms with van der Waals surface area (Å²) in [6, 6.07) is 15.8. The van der Waals surface area contributed by atoms with Crippen molar-refractivity contribution < 1.29 is 19.0 Å². The van der Waals surface area contributed by atoms with Gasteiger partial charge in [-0.3, -0.25) is 4.98 Å². The van der Waals surface area contributed by atoms with Crippen LogP contribution in [-0.4, -0.2) is 16.7 Å². The van der Waals surface area contributed by atoms with Crippen molar-refractivity contribution in [1.29, 1.82) is 0 Å². The molecule has 26 heavy (non-hydrogen) atoms. The first-order valence-electron chi connectivity index (χ1n) is 8.65. The molecule has 2 aromatic heterocycles. The first kappa shape index (κ1) is 18.2. The maximum Gasteiger partial charge on any atom is 0.130 e. The molecule has 0 radical (unpaired) electrons. The number of ether oxygens (including phenoxy) is 2. The van der Waals surface area contributed by atoms with E-state index in [4.69, 9.17) is 19.0 Å². The number of hydrogen-bond acceptors (Lipinski definition) is 5. The summed E-state index contributed by atoms with van der Waals surface area (Å²) in [6.07, 6.45) is 1.30. The predicted molar refractivity (Wildman–Crippen MR) is 99.6 cm³/mol. The number of para-hydroxylation sites is 1. The van der Waals surface area contributed by atoms with Crippen LogP contribution in [0.25, 0.3) is 10.9 Å². The Labute approximate surface area is 152 Å². The molecule has 5 heteroatoms. The van der Waals surface area contributed by atoms with Gasteiger partial charge in [0, 0.05) is 18.4 Å². The van der Waals surface area contributed by atoms with Gasteiger partial charge in [-0.05, 0) is 30.7 Å². The predicted octanol–water partition coefficient (Wildman–Crippen LogP) is 4.91. The third-order valence-corrected chi connectivity index (χ3v) is 3.87. The Bertz CT molecular complexity index is 856. The van der Waals surface area contributed by atoms with Crippen molar-refractivity contribution in [2.45, 2.75) is 32.7 Å². The highest BCUT2D eigenvalue weighted by Crippen LogP contribution is 2.14. The fraction of sp³-hybridized carbons (Fsp3) is 0.286. The summed E-state index contributed by atoms with van der Waals surface area (Å²) in [4.78, 5) is 4.58. The van der Waals surface area contributed by atoms with Gasteiger partial charge in [-0.2, -0.15) is 0 Å². The monoisotopic (exact) mass is 353 g/mol. The first-order chi connectivity index (χ1) is 12.7. The van der Waals surface area contributed by atoms with Crippen molar-refractivity contribution in [2.75, 3.05) is 6.61 Å². The quantitative estimate of drug-likeness (QED) is 0.414. The highest BCUT2D eigenvalue weighted by molar-refractivity contribution is 5.78. The number of aromatic nitrogens is 1. The zero-order chi connectivity index (χ0) is 18.2. The minimum atomic E-state index is 0.187. The Morgan fingerprint density at radius 3 is 2.54 bits per heavy atom. The van der Waals surface area contributed by atoms with Gasteiger partial charge in [0.15, 0.2) is 0 Å². The van der Waals surface area contributed by atoms with Gasteiger partial charge in [0.05, 0.1) is 23.6 Å². The molecule has 5 nitrogen and oxygen atoms in total. The average molecular weight is 353 g/mol. The third kappa shape index (κ3) is 5.44. The smallest absolute Gasteiger partial charge is 0.130 e. The summed E-state index contributed by atoms with van der Waals surface area (Å²) in [5, 5.41) is 10.1. The molecule has 0 saturated carbocycles. The molecule has 136 valence electrons.